The highest BCUT2D eigenvalue weighted by atomic mass is 16.5. The molecule has 1 aromatic carbocycles. The molecule has 6 rings (SSSR count). The summed E-state index contributed by atoms with van der Waals surface area (Å²) >= 11 is 0. The topological polar surface area (TPSA) is 82.0 Å². The Morgan fingerprint density at radius 1 is 1.44 bits per heavy atom. The van der Waals surface area contributed by atoms with Gasteiger partial charge in [-0.15, -0.1) is 0 Å². The highest BCUT2D eigenvalue weighted by Crippen LogP contribution is 2.72. The minimum absolute atomic E-state index is 0.263. The summed E-state index contributed by atoms with van der Waals surface area (Å²) in [4.78, 5) is 15.7. The molecule has 5 aliphatic rings. The van der Waals surface area contributed by atoms with Crippen molar-refractivity contribution in [2.75, 3.05) is 32.1 Å². The van der Waals surface area contributed by atoms with E-state index in [9.17, 15) is 15.0 Å². The van der Waals surface area contributed by atoms with Gasteiger partial charge in [-0.2, -0.15) is 0 Å². The van der Waals surface area contributed by atoms with Crippen LogP contribution in [0.4, 0.5) is 5.69 Å². The average Bonchev–Trinajstić information content (AvgIpc) is 3.11. The second-order valence-corrected chi connectivity index (χ2v) is 8.30. The molecule has 27 heavy (non-hydrogen) atoms. The predicted octanol–water partition coefficient (Wildman–Crippen LogP) is 1.24. The fourth-order valence-corrected chi connectivity index (χ4v) is 7.01. The number of esters is 1. The summed E-state index contributed by atoms with van der Waals surface area (Å²) in [6, 6.07) is 7.97. The predicted molar refractivity (Wildman–Crippen MR) is 100 cm³/mol. The third kappa shape index (κ3) is 1.55. The zero-order chi connectivity index (χ0) is 19.0. The number of nitrogens with one attached hydrogen (secondary N) is 1. The second kappa shape index (κ2) is 5.34. The van der Waals surface area contributed by atoms with Gasteiger partial charge in [-0.05, 0) is 31.4 Å². The number of carbonyl (C=O) groups is 1. The maximum absolute atomic E-state index is 13.4. The number of hydrogen-bond donors (Lipinski definition) is 3. The van der Waals surface area contributed by atoms with Gasteiger partial charge in [0.15, 0.2) is 0 Å². The van der Waals surface area contributed by atoms with E-state index in [1.54, 1.807) is 0 Å². The number of methoxy groups -OCH3 is 1. The van der Waals surface area contributed by atoms with Crippen molar-refractivity contribution in [3.63, 3.8) is 0 Å². The number of rotatable bonds is 2. The number of benzene rings is 1. The fourth-order valence-electron chi connectivity index (χ4n) is 7.01. The Bertz CT molecular complexity index is 854. The van der Waals surface area contributed by atoms with Gasteiger partial charge in [0.25, 0.3) is 0 Å². The first kappa shape index (κ1) is 17.2. The molecule has 1 saturated carbocycles. The van der Waals surface area contributed by atoms with Crippen LogP contribution < -0.4 is 5.32 Å². The average molecular weight is 370 g/mol. The van der Waals surface area contributed by atoms with Gasteiger partial charge in [0.2, 0.25) is 0 Å². The maximum Gasteiger partial charge on any atom is 0.315 e. The molecule has 1 aromatic rings. The van der Waals surface area contributed by atoms with E-state index in [0.29, 0.717) is 19.4 Å². The SMILES string of the molecule is C/C=C1/CN2CC[C@@]34c5ccccc5N[C@]23[C@@H](O)C[C@@H]1[C@@]4(CO)C(=O)OC. The van der Waals surface area contributed by atoms with Crippen molar-refractivity contribution in [3.05, 3.63) is 41.5 Å². The summed E-state index contributed by atoms with van der Waals surface area (Å²) in [6.45, 7) is 3.10. The normalized spacial score (nSPS) is 45.2. The molecular weight excluding hydrogens is 344 g/mol. The first-order valence-electron chi connectivity index (χ1n) is 9.68. The summed E-state index contributed by atoms with van der Waals surface area (Å²) in [7, 11) is 1.40. The molecule has 0 amide bonds. The van der Waals surface area contributed by atoms with Gasteiger partial charge in [0.1, 0.15) is 11.1 Å². The van der Waals surface area contributed by atoms with Crippen LogP contribution in [-0.2, 0) is 14.9 Å². The Balaban J connectivity index is 1.93. The van der Waals surface area contributed by atoms with Crippen LogP contribution in [0.5, 0.6) is 0 Å². The smallest absolute Gasteiger partial charge is 0.315 e. The van der Waals surface area contributed by atoms with Crippen molar-refractivity contribution in [2.24, 2.45) is 11.3 Å². The van der Waals surface area contributed by atoms with E-state index in [4.69, 9.17) is 4.74 Å². The van der Waals surface area contributed by atoms with Crippen LogP contribution >= 0.6 is 0 Å². The lowest BCUT2D eigenvalue weighted by Gasteiger charge is -2.59. The minimum atomic E-state index is -1.13. The van der Waals surface area contributed by atoms with E-state index in [2.05, 4.69) is 10.2 Å². The van der Waals surface area contributed by atoms with Crippen LogP contribution in [0.2, 0.25) is 0 Å². The molecule has 1 unspecified atom stereocenters. The highest BCUT2D eigenvalue weighted by Gasteiger charge is 2.82. The molecule has 6 atom stereocenters. The van der Waals surface area contributed by atoms with Crippen LogP contribution in [-0.4, -0.2) is 59.7 Å². The van der Waals surface area contributed by atoms with Gasteiger partial charge >= 0.3 is 5.97 Å². The number of nitrogens with zero attached hydrogens (tertiary/aromatic N) is 1. The summed E-state index contributed by atoms with van der Waals surface area (Å²) in [5, 5.41) is 25.9. The number of aliphatic hydroxyl groups excluding tert-OH is 2. The largest absolute Gasteiger partial charge is 0.468 e. The maximum atomic E-state index is 13.4. The molecule has 0 aromatic heterocycles. The van der Waals surface area contributed by atoms with E-state index in [-0.39, 0.29) is 18.5 Å². The Morgan fingerprint density at radius 3 is 2.93 bits per heavy atom. The van der Waals surface area contributed by atoms with E-state index in [1.807, 2.05) is 37.3 Å². The molecule has 4 bridgehead atoms. The van der Waals surface area contributed by atoms with Crippen molar-refractivity contribution in [1.82, 2.24) is 4.90 Å². The molecule has 3 saturated heterocycles. The molecule has 3 N–H and O–H groups in total. The van der Waals surface area contributed by atoms with Gasteiger partial charge < -0.3 is 20.3 Å². The number of carbonyl (C=O) groups excluding carboxylic acids is 1. The number of fused-ring (bicyclic) bond motifs is 3. The number of allylic oxidation sites excluding steroid dienone is 1. The van der Waals surface area contributed by atoms with Crippen molar-refractivity contribution >= 4 is 11.7 Å². The summed E-state index contributed by atoms with van der Waals surface area (Å²) < 4.78 is 5.33. The second-order valence-electron chi connectivity index (χ2n) is 8.30. The van der Waals surface area contributed by atoms with Gasteiger partial charge in [-0.1, -0.05) is 29.8 Å². The first-order chi connectivity index (χ1) is 13.0. The highest BCUT2D eigenvalue weighted by molar-refractivity contribution is 5.85. The number of para-hydroxylation sites is 1. The Morgan fingerprint density at radius 2 is 2.22 bits per heavy atom. The van der Waals surface area contributed by atoms with Gasteiger partial charge in [-0.25, -0.2) is 0 Å². The minimum Gasteiger partial charge on any atom is -0.468 e. The zero-order valence-corrected chi connectivity index (χ0v) is 15.7. The molecule has 4 fully saturated rings. The van der Waals surface area contributed by atoms with Crippen LogP contribution in [0, 0.1) is 11.3 Å². The molecule has 1 spiro atoms. The summed E-state index contributed by atoms with van der Waals surface area (Å²) in [5.41, 5.74) is 0.354. The van der Waals surface area contributed by atoms with Crippen LogP contribution in [0.15, 0.2) is 35.9 Å². The molecule has 4 aliphatic heterocycles. The molecule has 144 valence electrons. The van der Waals surface area contributed by atoms with Crippen LogP contribution in [0.1, 0.15) is 25.3 Å². The summed E-state index contributed by atoms with van der Waals surface area (Å²) in [6.07, 6.45) is 2.51. The first-order valence-corrected chi connectivity index (χ1v) is 9.68. The number of anilines is 1. The van der Waals surface area contributed by atoms with Gasteiger partial charge in [0.05, 0.1) is 25.2 Å². The standard InChI is InChI=1S/C21H26N2O4/c1-3-13-11-23-9-8-20-14-6-4-5-7-16(14)22-21(20,23)17(25)10-15(13)19(20,12-24)18(26)27-2/h3-7,15,17,22,24-25H,8-12H2,1-2H3/b13-3-/t15-,17-,19-,20-,21+/m0/s1. The molecular formula is C21H26N2O4. The molecule has 4 heterocycles. The van der Waals surface area contributed by atoms with E-state index in [0.717, 1.165) is 23.4 Å². The van der Waals surface area contributed by atoms with E-state index < -0.39 is 22.6 Å². The van der Waals surface area contributed by atoms with Crippen molar-refractivity contribution in [3.8, 4) is 0 Å². The molecule has 6 nitrogen and oxygen atoms in total. The van der Waals surface area contributed by atoms with Crippen molar-refractivity contribution in [1.29, 1.82) is 0 Å². The zero-order valence-electron chi connectivity index (χ0n) is 15.7. The number of aliphatic hydroxyl groups is 2. The quantitative estimate of drug-likeness (QED) is 0.537. The Hall–Kier alpha value is -1.89. The molecule has 1 aliphatic carbocycles. The summed E-state index contributed by atoms with van der Waals surface area (Å²) in [5.74, 6) is -0.644. The molecule has 0 radical (unpaired) electrons. The lowest BCUT2D eigenvalue weighted by Crippen LogP contribution is -2.75. The Kier molecular flexibility index (Phi) is 3.41. The lowest BCUT2D eigenvalue weighted by molar-refractivity contribution is -0.184. The van der Waals surface area contributed by atoms with Crippen LogP contribution in [0.25, 0.3) is 0 Å². The van der Waals surface area contributed by atoms with Gasteiger partial charge in [-0.3, -0.25) is 9.69 Å². The monoisotopic (exact) mass is 370 g/mol. The van der Waals surface area contributed by atoms with Crippen LogP contribution in [0.3, 0.4) is 0 Å². The van der Waals surface area contributed by atoms with Crippen molar-refractivity contribution in [2.45, 2.75) is 36.9 Å². The lowest BCUT2D eigenvalue weighted by atomic mass is 9.45. The number of hydrogen-bond acceptors (Lipinski definition) is 6. The molecule has 6 heteroatoms. The Labute approximate surface area is 158 Å². The number of ether oxygens (including phenoxy) is 1. The van der Waals surface area contributed by atoms with Crippen molar-refractivity contribution < 1.29 is 19.7 Å². The third-order valence-electron chi connectivity index (χ3n) is 7.91. The van der Waals surface area contributed by atoms with E-state index in [1.165, 1.54) is 7.11 Å². The van der Waals surface area contributed by atoms with E-state index >= 15 is 0 Å². The third-order valence-corrected chi connectivity index (χ3v) is 7.91. The fraction of sp³-hybridized carbons (Fsp3) is 0.571. The van der Waals surface area contributed by atoms with Gasteiger partial charge in [0, 0.05) is 24.7 Å².